The molecule has 11 heteroatoms. The summed E-state index contributed by atoms with van der Waals surface area (Å²) in [6, 6.07) is 11.8. The molecule has 0 saturated carbocycles. The predicted molar refractivity (Wildman–Crippen MR) is 114 cm³/mol. The summed E-state index contributed by atoms with van der Waals surface area (Å²) >= 11 is 0. The van der Waals surface area contributed by atoms with E-state index in [1.54, 1.807) is 10.5 Å². The van der Waals surface area contributed by atoms with E-state index in [2.05, 4.69) is 21.0 Å². The van der Waals surface area contributed by atoms with Gasteiger partial charge in [-0.05, 0) is 42.5 Å². The SMILES string of the molecule is N#Cc1c(N2CCC(Oc3ccc(OC(F)(F)F)cc3)CC2)c2cc(F)ccc2n2cnnc12. The average molecular weight is 471 g/mol. The van der Waals surface area contributed by atoms with E-state index >= 15 is 0 Å². The number of aromatic nitrogens is 3. The molecular weight excluding hydrogens is 454 g/mol. The first kappa shape index (κ1) is 21.8. The molecule has 1 aliphatic rings. The quantitative estimate of drug-likeness (QED) is 0.397. The Morgan fingerprint density at radius 1 is 1.03 bits per heavy atom. The molecule has 0 N–H and O–H groups in total. The van der Waals surface area contributed by atoms with Crippen LogP contribution in [0.2, 0.25) is 0 Å². The number of anilines is 1. The summed E-state index contributed by atoms with van der Waals surface area (Å²) in [5.41, 5.74) is 2.01. The molecule has 2 aromatic carbocycles. The number of pyridine rings is 1. The van der Waals surface area contributed by atoms with Crippen molar-refractivity contribution in [3.63, 3.8) is 0 Å². The van der Waals surface area contributed by atoms with E-state index < -0.39 is 12.2 Å². The molecule has 0 spiro atoms. The molecule has 5 rings (SSSR count). The van der Waals surface area contributed by atoms with E-state index in [1.165, 1.54) is 42.7 Å². The Morgan fingerprint density at radius 2 is 1.74 bits per heavy atom. The Labute approximate surface area is 190 Å². The normalized spacial score (nSPS) is 15.0. The van der Waals surface area contributed by atoms with Crippen molar-refractivity contribution in [1.29, 1.82) is 5.26 Å². The highest BCUT2D eigenvalue weighted by Gasteiger charge is 2.31. The van der Waals surface area contributed by atoms with Crippen LogP contribution >= 0.6 is 0 Å². The number of rotatable bonds is 4. The fourth-order valence-corrected chi connectivity index (χ4v) is 4.27. The summed E-state index contributed by atoms with van der Waals surface area (Å²) in [5, 5.41) is 18.5. The van der Waals surface area contributed by atoms with Crippen LogP contribution in [0.3, 0.4) is 0 Å². The molecular formula is C23H17F4N5O2. The van der Waals surface area contributed by atoms with Crippen molar-refractivity contribution in [1.82, 2.24) is 14.6 Å². The lowest BCUT2D eigenvalue weighted by Crippen LogP contribution is -2.38. The number of piperidine rings is 1. The molecule has 3 heterocycles. The van der Waals surface area contributed by atoms with Crippen LogP contribution in [0.25, 0.3) is 16.6 Å². The maximum absolute atomic E-state index is 14.1. The van der Waals surface area contributed by atoms with Crippen molar-refractivity contribution in [2.24, 2.45) is 0 Å². The molecule has 0 radical (unpaired) electrons. The van der Waals surface area contributed by atoms with E-state index in [0.29, 0.717) is 59.5 Å². The number of nitriles is 1. The number of nitrogens with zero attached hydrogens (tertiary/aromatic N) is 5. The van der Waals surface area contributed by atoms with Gasteiger partial charge in [0.1, 0.15) is 41.4 Å². The van der Waals surface area contributed by atoms with Crippen molar-refractivity contribution in [2.45, 2.75) is 25.3 Å². The second-order valence-electron chi connectivity index (χ2n) is 7.84. The molecule has 0 bridgehead atoms. The molecule has 174 valence electrons. The molecule has 1 fully saturated rings. The van der Waals surface area contributed by atoms with Crippen molar-refractivity contribution in [3.8, 4) is 17.6 Å². The monoisotopic (exact) mass is 471 g/mol. The molecule has 0 aliphatic carbocycles. The third kappa shape index (κ3) is 4.14. The number of alkyl halides is 3. The summed E-state index contributed by atoms with van der Waals surface area (Å²) in [4.78, 5) is 2.01. The number of hydrogen-bond acceptors (Lipinski definition) is 6. The van der Waals surface area contributed by atoms with Crippen molar-refractivity contribution >= 4 is 22.2 Å². The maximum Gasteiger partial charge on any atom is 0.573 e. The van der Waals surface area contributed by atoms with E-state index in [9.17, 15) is 22.8 Å². The molecule has 2 aromatic heterocycles. The Morgan fingerprint density at radius 3 is 2.41 bits per heavy atom. The minimum atomic E-state index is -4.75. The maximum atomic E-state index is 14.1. The largest absolute Gasteiger partial charge is 0.573 e. The fourth-order valence-electron chi connectivity index (χ4n) is 4.27. The van der Waals surface area contributed by atoms with Crippen LogP contribution in [0.5, 0.6) is 11.5 Å². The van der Waals surface area contributed by atoms with Gasteiger partial charge in [0.25, 0.3) is 0 Å². The zero-order chi connectivity index (χ0) is 23.9. The first-order valence-corrected chi connectivity index (χ1v) is 10.4. The second kappa shape index (κ2) is 8.37. The molecule has 0 atom stereocenters. The van der Waals surface area contributed by atoms with Crippen LogP contribution in [0, 0.1) is 17.1 Å². The van der Waals surface area contributed by atoms with Gasteiger partial charge in [-0.15, -0.1) is 23.4 Å². The molecule has 1 saturated heterocycles. The summed E-state index contributed by atoms with van der Waals surface area (Å²) in [6.45, 7) is 1.06. The van der Waals surface area contributed by atoms with Gasteiger partial charge in [-0.3, -0.25) is 4.40 Å². The van der Waals surface area contributed by atoms with Gasteiger partial charge in [-0.2, -0.15) is 5.26 Å². The molecule has 7 nitrogen and oxygen atoms in total. The lowest BCUT2D eigenvalue weighted by atomic mass is 10.0. The third-order valence-electron chi connectivity index (χ3n) is 5.71. The highest BCUT2D eigenvalue weighted by Crippen LogP contribution is 2.36. The number of hydrogen-bond donors (Lipinski definition) is 0. The number of ether oxygens (including phenoxy) is 2. The van der Waals surface area contributed by atoms with E-state index in [0.717, 1.165) is 0 Å². The fraction of sp³-hybridized carbons (Fsp3) is 0.261. The lowest BCUT2D eigenvalue weighted by molar-refractivity contribution is -0.274. The first-order valence-electron chi connectivity index (χ1n) is 10.4. The predicted octanol–water partition coefficient (Wildman–Crippen LogP) is 4.84. The van der Waals surface area contributed by atoms with Gasteiger partial charge in [-0.1, -0.05) is 0 Å². The summed E-state index contributed by atoms with van der Waals surface area (Å²) < 4.78 is 62.6. The standard InChI is InChI=1S/C23H17F4N5O2/c24-14-1-6-20-18(11-14)21(19(12-28)22-30-29-13-32(20)22)31-9-7-16(8-10-31)33-15-2-4-17(5-3-15)34-23(25,26)27/h1-6,11,13,16H,7-10H2. The average Bonchev–Trinajstić information content (AvgIpc) is 3.29. The highest BCUT2D eigenvalue weighted by molar-refractivity contribution is 5.99. The van der Waals surface area contributed by atoms with Gasteiger partial charge in [0, 0.05) is 31.3 Å². The van der Waals surface area contributed by atoms with Gasteiger partial charge in [0.05, 0.1) is 11.2 Å². The summed E-state index contributed by atoms with van der Waals surface area (Å²) in [6.07, 6.45) is -2.23. The molecule has 4 aromatic rings. The van der Waals surface area contributed by atoms with Gasteiger partial charge in [-0.25, -0.2) is 4.39 Å². The minimum Gasteiger partial charge on any atom is -0.490 e. The summed E-state index contributed by atoms with van der Waals surface area (Å²) in [5.74, 6) is -0.300. The molecule has 0 amide bonds. The van der Waals surface area contributed by atoms with Crippen LogP contribution in [-0.2, 0) is 0 Å². The Balaban J connectivity index is 1.36. The Kier molecular flexibility index (Phi) is 5.36. The number of halogens is 4. The minimum absolute atomic E-state index is 0.170. The van der Waals surface area contributed by atoms with Crippen molar-refractivity contribution < 1.29 is 27.0 Å². The van der Waals surface area contributed by atoms with Crippen LogP contribution in [0.1, 0.15) is 18.4 Å². The van der Waals surface area contributed by atoms with E-state index in [1.807, 2.05) is 4.90 Å². The van der Waals surface area contributed by atoms with E-state index in [-0.39, 0.29) is 11.9 Å². The van der Waals surface area contributed by atoms with Crippen LogP contribution < -0.4 is 14.4 Å². The Bertz CT molecular complexity index is 1390. The second-order valence-corrected chi connectivity index (χ2v) is 7.84. The van der Waals surface area contributed by atoms with Crippen molar-refractivity contribution in [2.75, 3.05) is 18.0 Å². The molecule has 0 unspecified atom stereocenters. The zero-order valence-electron chi connectivity index (χ0n) is 17.6. The Hall–Kier alpha value is -4.07. The lowest BCUT2D eigenvalue weighted by Gasteiger charge is -2.35. The summed E-state index contributed by atoms with van der Waals surface area (Å²) in [7, 11) is 0. The topological polar surface area (TPSA) is 75.7 Å². The van der Waals surface area contributed by atoms with Gasteiger partial charge in [0.15, 0.2) is 5.65 Å². The van der Waals surface area contributed by atoms with Crippen molar-refractivity contribution in [3.05, 3.63) is 60.2 Å². The zero-order valence-corrected chi connectivity index (χ0v) is 17.6. The number of fused-ring (bicyclic) bond motifs is 3. The van der Waals surface area contributed by atoms with Gasteiger partial charge in [0.2, 0.25) is 0 Å². The van der Waals surface area contributed by atoms with Crippen LogP contribution in [0.4, 0.5) is 23.2 Å². The van der Waals surface area contributed by atoms with Gasteiger partial charge < -0.3 is 14.4 Å². The highest BCUT2D eigenvalue weighted by atomic mass is 19.4. The molecule has 1 aliphatic heterocycles. The first-order chi connectivity index (χ1) is 16.3. The number of benzene rings is 2. The molecule has 34 heavy (non-hydrogen) atoms. The third-order valence-corrected chi connectivity index (χ3v) is 5.71. The van der Waals surface area contributed by atoms with E-state index in [4.69, 9.17) is 4.74 Å². The van der Waals surface area contributed by atoms with Gasteiger partial charge >= 0.3 is 6.36 Å². The smallest absolute Gasteiger partial charge is 0.490 e. The van der Waals surface area contributed by atoms with Crippen LogP contribution in [0.15, 0.2) is 48.8 Å². The van der Waals surface area contributed by atoms with Crippen LogP contribution in [-0.4, -0.2) is 40.2 Å².